The lowest BCUT2D eigenvalue weighted by molar-refractivity contribution is -0.208. The first-order chi connectivity index (χ1) is 17.5. The molecule has 0 heterocycles. The lowest BCUT2D eigenvalue weighted by Gasteiger charge is -2.22. The van der Waals surface area contributed by atoms with E-state index in [9.17, 15) is 15.0 Å². The van der Waals surface area contributed by atoms with Gasteiger partial charge in [0, 0.05) is 5.56 Å². The fraction of sp³-hybridized carbons (Fsp3) is 0.774. The van der Waals surface area contributed by atoms with Gasteiger partial charge in [-0.1, -0.05) is 105 Å². The minimum absolute atomic E-state index is 0.0129. The van der Waals surface area contributed by atoms with Crippen LogP contribution in [0.5, 0.6) is 11.5 Å². The van der Waals surface area contributed by atoms with Crippen molar-refractivity contribution in [2.45, 2.75) is 150 Å². The SMILES string of the molecule is CCCCCCOOc1c(O)c(C(=O)O)c(CCCCCC)c(CCCCCC)c1CCCCCC. The summed E-state index contributed by atoms with van der Waals surface area (Å²) < 4.78 is 0. The predicted molar refractivity (Wildman–Crippen MR) is 149 cm³/mol. The zero-order chi connectivity index (χ0) is 26.6. The van der Waals surface area contributed by atoms with Crippen LogP contribution in [0.4, 0.5) is 0 Å². The Morgan fingerprint density at radius 2 is 1.06 bits per heavy atom. The summed E-state index contributed by atoms with van der Waals surface area (Å²) >= 11 is 0. The Labute approximate surface area is 220 Å². The number of unbranched alkanes of at least 4 members (excludes halogenated alkanes) is 12. The third-order valence-electron chi connectivity index (χ3n) is 7.03. The van der Waals surface area contributed by atoms with Gasteiger partial charge in [-0.25, -0.2) is 4.79 Å². The van der Waals surface area contributed by atoms with Crippen LogP contribution in [-0.2, 0) is 24.2 Å². The molecule has 5 nitrogen and oxygen atoms in total. The average molecular weight is 507 g/mol. The minimum Gasteiger partial charge on any atom is -0.504 e. The molecule has 1 aromatic carbocycles. The van der Waals surface area contributed by atoms with E-state index in [4.69, 9.17) is 9.78 Å². The molecule has 208 valence electrons. The summed E-state index contributed by atoms with van der Waals surface area (Å²) in [7, 11) is 0. The van der Waals surface area contributed by atoms with Crippen molar-refractivity contribution < 1.29 is 24.8 Å². The quantitative estimate of drug-likeness (QED) is 0.0878. The van der Waals surface area contributed by atoms with Crippen LogP contribution in [0.3, 0.4) is 0 Å². The second-order valence-corrected chi connectivity index (χ2v) is 10.2. The standard InChI is InChI=1S/C31H54O5/c1-5-9-13-17-21-25-26(22-18-14-10-6-2)28(31(33)34)29(32)30(27(25)23-19-15-11-7-3)36-35-24-20-16-12-8-4/h32H,5-24H2,1-4H3,(H,33,34). The summed E-state index contributed by atoms with van der Waals surface area (Å²) in [4.78, 5) is 23.7. The number of carbonyl (C=O) groups is 1. The highest BCUT2D eigenvalue weighted by Crippen LogP contribution is 2.42. The lowest BCUT2D eigenvalue weighted by Crippen LogP contribution is -2.14. The zero-order valence-corrected chi connectivity index (χ0v) is 23.8. The van der Waals surface area contributed by atoms with Crippen LogP contribution < -0.4 is 4.89 Å². The van der Waals surface area contributed by atoms with Gasteiger partial charge in [0.2, 0.25) is 5.75 Å². The molecule has 0 amide bonds. The van der Waals surface area contributed by atoms with Crippen molar-refractivity contribution >= 4 is 5.97 Å². The Hall–Kier alpha value is -1.75. The number of hydrogen-bond acceptors (Lipinski definition) is 4. The zero-order valence-electron chi connectivity index (χ0n) is 23.8. The summed E-state index contributed by atoms with van der Waals surface area (Å²) in [5.41, 5.74) is 2.87. The number of aromatic carboxylic acids is 1. The number of aromatic hydroxyl groups is 1. The first kappa shape index (κ1) is 32.3. The molecule has 0 aliphatic rings. The van der Waals surface area contributed by atoms with E-state index in [1.807, 2.05) is 0 Å². The van der Waals surface area contributed by atoms with E-state index >= 15 is 0 Å². The van der Waals surface area contributed by atoms with Crippen LogP contribution in [0.1, 0.15) is 157 Å². The van der Waals surface area contributed by atoms with Gasteiger partial charge < -0.3 is 15.1 Å². The molecule has 0 unspecified atom stereocenters. The largest absolute Gasteiger partial charge is 0.504 e. The van der Waals surface area contributed by atoms with E-state index in [0.29, 0.717) is 13.0 Å². The number of carboxylic acid groups (broad SMARTS) is 1. The molecule has 2 N–H and O–H groups in total. The van der Waals surface area contributed by atoms with Gasteiger partial charge in [0.05, 0.1) is 6.61 Å². The van der Waals surface area contributed by atoms with Crippen molar-refractivity contribution in [3.8, 4) is 11.5 Å². The number of rotatable bonds is 23. The van der Waals surface area contributed by atoms with Crippen LogP contribution in [0.15, 0.2) is 0 Å². The molecular weight excluding hydrogens is 452 g/mol. The van der Waals surface area contributed by atoms with Gasteiger partial charge in [-0.3, -0.25) is 0 Å². The molecule has 0 fully saturated rings. The predicted octanol–water partition coefficient (Wildman–Crippen LogP) is 9.35. The third-order valence-corrected chi connectivity index (χ3v) is 7.03. The van der Waals surface area contributed by atoms with Gasteiger partial charge in [0.1, 0.15) is 5.56 Å². The third kappa shape index (κ3) is 11.5. The molecule has 0 radical (unpaired) electrons. The Morgan fingerprint density at radius 3 is 1.53 bits per heavy atom. The maximum Gasteiger partial charge on any atom is 0.339 e. The molecular formula is C31H54O5. The minimum atomic E-state index is -1.09. The van der Waals surface area contributed by atoms with Crippen LogP contribution >= 0.6 is 0 Å². The van der Waals surface area contributed by atoms with Crippen LogP contribution in [0.25, 0.3) is 0 Å². The second kappa shape index (κ2) is 20.3. The molecule has 1 aromatic rings. The van der Waals surface area contributed by atoms with Crippen molar-refractivity contribution in [2.24, 2.45) is 0 Å². The highest BCUT2D eigenvalue weighted by Gasteiger charge is 2.28. The molecule has 0 bridgehead atoms. The van der Waals surface area contributed by atoms with Gasteiger partial charge in [-0.2, -0.15) is 4.89 Å². The monoisotopic (exact) mass is 506 g/mol. The van der Waals surface area contributed by atoms with E-state index in [-0.39, 0.29) is 17.1 Å². The van der Waals surface area contributed by atoms with Gasteiger partial charge in [-0.05, 0) is 56.1 Å². The Morgan fingerprint density at radius 1 is 0.611 bits per heavy atom. The summed E-state index contributed by atoms with van der Waals surface area (Å²) in [6.07, 6.45) is 19.6. The molecule has 0 aliphatic heterocycles. The van der Waals surface area contributed by atoms with Gasteiger partial charge >= 0.3 is 5.97 Å². The first-order valence-electron chi connectivity index (χ1n) is 14.9. The van der Waals surface area contributed by atoms with Crippen LogP contribution in [0, 0.1) is 0 Å². The van der Waals surface area contributed by atoms with E-state index in [2.05, 4.69) is 27.7 Å². The summed E-state index contributed by atoms with van der Waals surface area (Å²) in [5, 5.41) is 21.4. The Kier molecular flexibility index (Phi) is 18.2. The molecule has 0 aliphatic carbocycles. The molecule has 0 atom stereocenters. The first-order valence-corrected chi connectivity index (χ1v) is 14.9. The summed E-state index contributed by atoms with van der Waals surface area (Å²) in [5.74, 6) is -1.11. The maximum absolute atomic E-state index is 12.4. The second-order valence-electron chi connectivity index (χ2n) is 10.2. The smallest absolute Gasteiger partial charge is 0.339 e. The molecule has 0 saturated heterocycles. The Balaban J connectivity index is 3.41. The molecule has 0 aromatic heterocycles. The maximum atomic E-state index is 12.4. The highest BCUT2D eigenvalue weighted by atomic mass is 17.2. The van der Waals surface area contributed by atoms with Gasteiger partial charge in [0.15, 0.2) is 5.75 Å². The van der Waals surface area contributed by atoms with Crippen molar-refractivity contribution in [1.82, 2.24) is 0 Å². The molecule has 5 heteroatoms. The number of hydrogen-bond donors (Lipinski definition) is 2. The number of phenols is 1. The molecule has 1 rings (SSSR count). The topological polar surface area (TPSA) is 76.0 Å². The van der Waals surface area contributed by atoms with Crippen molar-refractivity contribution in [3.05, 3.63) is 22.3 Å². The van der Waals surface area contributed by atoms with Crippen LogP contribution in [-0.4, -0.2) is 22.8 Å². The van der Waals surface area contributed by atoms with E-state index in [1.54, 1.807) is 0 Å². The van der Waals surface area contributed by atoms with E-state index in [1.165, 1.54) is 12.8 Å². The molecule has 0 spiro atoms. The highest BCUT2D eigenvalue weighted by molar-refractivity contribution is 5.94. The van der Waals surface area contributed by atoms with Gasteiger partial charge in [0.25, 0.3) is 0 Å². The van der Waals surface area contributed by atoms with E-state index < -0.39 is 5.97 Å². The average Bonchev–Trinajstić information content (AvgIpc) is 2.86. The van der Waals surface area contributed by atoms with Crippen molar-refractivity contribution in [1.29, 1.82) is 0 Å². The van der Waals surface area contributed by atoms with E-state index in [0.717, 1.165) is 119 Å². The van der Waals surface area contributed by atoms with Crippen LogP contribution in [0.2, 0.25) is 0 Å². The lowest BCUT2D eigenvalue weighted by atomic mass is 9.85. The summed E-state index contributed by atoms with van der Waals surface area (Å²) in [6.45, 7) is 9.17. The van der Waals surface area contributed by atoms with Crippen molar-refractivity contribution in [2.75, 3.05) is 6.61 Å². The number of benzene rings is 1. The fourth-order valence-electron chi connectivity index (χ4n) is 4.91. The Bertz CT molecular complexity index is 728. The van der Waals surface area contributed by atoms with Gasteiger partial charge in [-0.15, -0.1) is 0 Å². The fourth-order valence-corrected chi connectivity index (χ4v) is 4.91. The normalized spacial score (nSPS) is 11.2. The summed E-state index contributed by atoms with van der Waals surface area (Å²) in [6, 6.07) is 0. The number of carboxylic acids is 1. The van der Waals surface area contributed by atoms with Crippen molar-refractivity contribution in [3.63, 3.8) is 0 Å². The molecule has 0 saturated carbocycles. The molecule has 36 heavy (non-hydrogen) atoms.